The van der Waals surface area contributed by atoms with Gasteiger partial charge in [-0.1, -0.05) is 12.1 Å². The van der Waals surface area contributed by atoms with Gasteiger partial charge in [-0.3, -0.25) is 9.78 Å². The van der Waals surface area contributed by atoms with E-state index in [1.54, 1.807) is 36.9 Å². The zero-order valence-electron chi connectivity index (χ0n) is 16.7. The predicted molar refractivity (Wildman–Crippen MR) is 111 cm³/mol. The highest BCUT2D eigenvalue weighted by Gasteiger charge is 2.16. The third-order valence-corrected chi connectivity index (χ3v) is 4.62. The van der Waals surface area contributed by atoms with Crippen molar-refractivity contribution in [1.82, 2.24) is 29.7 Å². The third kappa shape index (κ3) is 3.52. The van der Waals surface area contributed by atoms with Crippen molar-refractivity contribution in [2.75, 3.05) is 26.0 Å². The Morgan fingerprint density at radius 2 is 1.83 bits per heavy atom. The van der Waals surface area contributed by atoms with E-state index in [1.165, 1.54) is 10.5 Å². The van der Waals surface area contributed by atoms with Crippen LogP contribution in [0.25, 0.3) is 17.2 Å². The van der Waals surface area contributed by atoms with Gasteiger partial charge < -0.3 is 9.80 Å². The largest absolute Gasteiger partial charge is 0.345 e. The van der Waals surface area contributed by atoms with Gasteiger partial charge in [0.15, 0.2) is 11.5 Å². The lowest BCUT2D eigenvalue weighted by molar-refractivity contribution is 0.0827. The molecule has 4 rings (SSSR count). The van der Waals surface area contributed by atoms with E-state index in [-0.39, 0.29) is 5.91 Å². The maximum Gasteiger partial charge on any atom is 0.253 e. The Bertz CT molecular complexity index is 1200. The van der Waals surface area contributed by atoms with Crippen molar-refractivity contribution in [3.8, 4) is 11.5 Å². The molecular formula is C21H21N7O. The number of carbonyl (C=O) groups excluding carboxylic acids is 1. The minimum absolute atomic E-state index is 0.102. The van der Waals surface area contributed by atoms with E-state index >= 15 is 0 Å². The monoisotopic (exact) mass is 387 g/mol. The number of anilines is 2. The maximum atomic E-state index is 12.3. The molecule has 0 atom stereocenters. The summed E-state index contributed by atoms with van der Waals surface area (Å²) in [7, 11) is 5.38. The molecular weight excluding hydrogens is 366 g/mol. The van der Waals surface area contributed by atoms with Crippen LogP contribution in [-0.4, -0.2) is 56.7 Å². The van der Waals surface area contributed by atoms with Crippen molar-refractivity contribution in [3.05, 3.63) is 65.9 Å². The molecule has 29 heavy (non-hydrogen) atoms. The van der Waals surface area contributed by atoms with Crippen LogP contribution in [0.3, 0.4) is 0 Å². The minimum Gasteiger partial charge on any atom is -0.345 e. The zero-order valence-corrected chi connectivity index (χ0v) is 16.7. The van der Waals surface area contributed by atoms with E-state index < -0.39 is 0 Å². The fraction of sp³-hybridized carbons (Fsp3) is 0.190. The molecule has 0 saturated heterocycles. The molecule has 8 heteroatoms. The van der Waals surface area contributed by atoms with Gasteiger partial charge in [0, 0.05) is 38.6 Å². The van der Waals surface area contributed by atoms with E-state index in [9.17, 15) is 4.79 Å². The second-order valence-electron chi connectivity index (χ2n) is 7.01. The van der Waals surface area contributed by atoms with Gasteiger partial charge in [-0.2, -0.15) is 4.52 Å². The van der Waals surface area contributed by atoms with E-state index in [2.05, 4.69) is 34.2 Å². The van der Waals surface area contributed by atoms with Crippen LogP contribution in [0.15, 0.2) is 54.7 Å². The number of nitrogens with zero attached hydrogens (tertiary/aromatic N) is 7. The molecule has 3 heterocycles. The molecule has 3 aromatic heterocycles. The fourth-order valence-electron chi connectivity index (χ4n) is 3.03. The Labute approximate surface area is 168 Å². The highest BCUT2D eigenvalue weighted by molar-refractivity contribution is 5.94. The smallest absolute Gasteiger partial charge is 0.253 e. The Morgan fingerprint density at radius 3 is 2.59 bits per heavy atom. The van der Waals surface area contributed by atoms with E-state index in [0.717, 1.165) is 11.5 Å². The van der Waals surface area contributed by atoms with Crippen molar-refractivity contribution in [1.29, 1.82) is 0 Å². The molecule has 146 valence electrons. The number of amides is 1. The molecule has 0 spiro atoms. The van der Waals surface area contributed by atoms with E-state index in [0.29, 0.717) is 22.7 Å². The van der Waals surface area contributed by atoms with Crippen molar-refractivity contribution in [2.24, 2.45) is 0 Å². The minimum atomic E-state index is -0.102. The van der Waals surface area contributed by atoms with Crippen LogP contribution in [0.1, 0.15) is 15.9 Å². The highest BCUT2D eigenvalue weighted by Crippen LogP contribution is 2.24. The molecule has 0 aliphatic heterocycles. The molecule has 0 bridgehead atoms. The molecule has 4 aromatic rings. The molecule has 0 aliphatic carbocycles. The molecule has 0 N–H and O–H groups in total. The average molecular weight is 387 g/mol. The SMILES string of the molecule is Cc1cccc(N(C)c2ccc3nnc(-c4cc(C(=O)N(C)C)ccn4)n3n2)c1. The summed E-state index contributed by atoms with van der Waals surface area (Å²) in [4.78, 5) is 20.2. The first-order valence-electron chi connectivity index (χ1n) is 9.15. The Hall–Kier alpha value is -3.81. The summed E-state index contributed by atoms with van der Waals surface area (Å²) in [5, 5.41) is 13.1. The Kier molecular flexibility index (Phi) is 4.67. The molecule has 0 unspecified atom stereocenters. The fourth-order valence-corrected chi connectivity index (χ4v) is 3.03. The van der Waals surface area contributed by atoms with Gasteiger partial charge in [-0.25, -0.2) is 0 Å². The van der Waals surface area contributed by atoms with Crippen LogP contribution in [0.5, 0.6) is 0 Å². The molecule has 0 radical (unpaired) electrons. The van der Waals surface area contributed by atoms with E-state index in [1.807, 2.05) is 36.2 Å². The van der Waals surface area contributed by atoms with Gasteiger partial charge in [-0.15, -0.1) is 15.3 Å². The Balaban J connectivity index is 1.77. The number of rotatable bonds is 4. The van der Waals surface area contributed by atoms with Gasteiger partial charge in [0.1, 0.15) is 5.69 Å². The zero-order chi connectivity index (χ0) is 20.5. The van der Waals surface area contributed by atoms with E-state index in [4.69, 9.17) is 5.10 Å². The Morgan fingerprint density at radius 1 is 1.00 bits per heavy atom. The topological polar surface area (TPSA) is 79.5 Å². The summed E-state index contributed by atoms with van der Waals surface area (Å²) in [5.74, 6) is 1.12. The first-order chi connectivity index (χ1) is 13.9. The molecule has 1 aromatic carbocycles. The number of aromatic nitrogens is 5. The summed E-state index contributed by atoms with van der Waals surface area (Å²) in [6.07, 6.45) is 1.59. The quantitative estimate of drug-likeness (QED) is 0.536. The predicted octanol–water partition coefficient (Wildman–Crippen LogP) is 2.96. The first kappa shape index (κ1) is 18.5. The summed E-state index contributed by atoms with van der Waals surface area (Å²) in [6.45, 7) is 2.06. The molecule has 0 saturated carbocycles. The number of hydrogen-bond donors (Lipinski definition) is 0. The van der Waals surface area contributed by atoms with Gasteiger partial charge in [0.05, 0.1) is 0 Å². The summed E-state index contributed by atoms with van der Waals surface area (Å²) in [5.41, 5.74) is 3.88. The van der Waals surface area contributed by atoms with Crippen LogP contribution in [-0.2, 0) is 0 Å². The van der Waals surface area contributed by atoms with Crippen molar-refractivity contribution in [3.63, 3.8) is 0 Å². The van der Waals surface area contributed by atoms with Crippen molar-refractivity contribution in [2.45, 2.75) is 6.92 Å². The van der Waals surface area contributed by atoms with Crippen molar-refractivity contribution < 1.29 is 4.79 Å². The van der Waals surface area contributed by atoms with Gasteiger partial charge in [0.2, 0.25) is 5.82 Å². The number of carbonyl (C=O) groups is 1. The number of aryl methyl sites for hydroxylation is 1. The van der Waals surface area contributed by atoms with Gasteiger partial charge in [-0.05, 0) is 48.9 Å². The molecule has 1 amide bonds. The lowest BCUT2D eigenvalue weighted by Crippen LogP contribution is -2.21. The van der Waals surface area contributed by atoms with Crippen LogP contribution >= 0.6 is 0 Å². The van der Waals surface area contributed by atoms with Crippen LogP contribution < -0.4 is 4.90 Å². The van der Waals surface area contributed by atoms with Crippen molar-refractivity contribution >= 4 is 23.1 Å². The number of pyridine rings is 1. The average Bonchev–Trinajstić information content (AvgIpc) is 3.16. The highest BCUT2D eigenvalue weighted by atomic mass is 16.2. The van der Waals surface area contributed by atoms with Gasteiger partial charge >= 0.3 is 0 Å². The second kappa shape index (κ2) is 7.31. The third-order valence-electron chi connectivity index (χ3n) is 4.62. The summed E-state index contributed by atoms with van der Waals surface area (Å²) < 4.78 is 1.65. The lowest BCUT2D eigenvalue weighted by atomic mass is 10.2. The number of benzene rings is 1. The molecule has 8 nitrogen and oxygen atoms in total. The van der Waals surface area contributed by atoms with Crippen LogP contribution in [0, 0.1) is 6.92 Å². The first-order valence-corrected chi connectivity index (χ1v) is 9.15. The summed E-state index contributed by atoms with van der Waals surface area (Å²) >= 11 is 0. The number of hydrogen-bond acceptors (Lipinski definition) is 6. The molecule has 0 fully saturated rings. The molecule has 0 aliphatic rings. The van der Waals surface area contributed by atoms with Crippen LogP contribution in [0.4, 0.5) is 11.5 Å². The van der Waals surface area contributed by atoms with Crippen LogP contribution in [0.2, 0.25) is 0 Å². The second-order valence-corrected chi connectivity index (χ2v) is 7.01. The summed E-state index contributed by atoms with van der Waals surface area (Å²) in [6, 6.07) is 15.3. The normalized spacial score (nSPS) is 10.9. The number of fused-ring (bicyclic) bond motifs is 1. The standard InChI is InChI=1S/C21H21N7O/c1-14-6-5-7-16(12-14)27(4)19-9-8-18-23-24-20(28(18)25-19)17-13-15(10-11-22-17)21(29)26(2)3/h5-13H,1-4H3. The van der Waals surface area contributed by atoms with Gasteiger partial charge in [0.25, 0.3) is 5.91 Å². The lowest BCUT2D eigenvalue weighted by Gasteiger charge is -2.18. The maximum absolute atomic E-state index is 12.3.